The summed E-state index contributed by atoms with van der Waals surface area (Å²) < 4.78 is 0. The van der Waals surface area contributed by atoms with Gasteiger partial charge in [0.1, 0.15) is 11.6 Å². The van der Waals surface area contributed by atoms with Crippen LogP contribution in [0.25, 0.3) is 0 Å². The largest absolute Gasteiger partial charge is 0.299 e. The number of rotatable bonds is 10. The zero-order chi connectivity index (χ0) is 12.4. The summed E-state index contributed by atoms with van der Waals surface area (Å²) in [5, 5.41) is 0. The van der Waals surface area contributed by atoms with Gasteiger partial charge in [-0.05, 0) is 12.8 Å². The van der Waals surface area contributed by atoms with Gasteiger partial charge in [-0.1, -0.05) is 46.5 Å². The highest BCUT2D eigenvalue weighted by atomic mass is 16.1. The topological polar surface area (TPSA) is 34.1 Å². The second-order valence-corrected chi connectivity index (χ2v) is 4.68. The van der Waals surface area contributed by atoms with Gasteiger partial charge in [-0.3, -0.25) is 9.59 Å². The molecule has 0 aromatic heterocycles. The van der Waals surface area contributed by atoms with Crippen molar-refractivity contribution in [3.05, 3.63) is 0 Å². The summed E-state index contributed by atoms with van der Waals surface area (Å²) in [6, 6.07) is 0. The number of carbonyl (C=O) groups is 2. The maximum absolute atomic E-state index is 11.7. The highest BCUT2D eigenvalue weighted by Gasteiger charge is 2.15. The van der Waals surface area contributed by atoms with Crippen LogP contribution >= 0.6 is 0 Å². The Morgan fingerprint density at radius 1 is 1.00 bits per heavy atom. The fraction of sp³-hybridized carbons (Fsp3) is 0.857. The van der Waals surface area contributed by atoms with Crippen LogP contribution in [0.1, 0.15) is 72.1 Å². The molecule has 0 aliphatic heterocycles. The van der Waals surface area contributed by atoms with Crippen molar-refractivity contribution >= 4 is 11.6 Å². The third kappa shape index (κ3) is 7.61. The summed E-state index contributed by atoms with van der Waals surface area (Å²) >= 11 is 0. The Kier molecular flexibility index (Phi) is 9.16. The second-order valence-electron chi connectivity index (χ2n) is 4.68. The lowest BCUT2D eigenvalue weighted by Gasteiger charge is -2.09. The van der Waals surface area contributed by atoms with Gasteiger partial charge in [-0.15, -0.1) is 0 Å². The molecule has 16 heavy (non-hydrogen) atoms. The first-order valence-corrected chi connectivity index (χ1v) is 6.66. The summed E-state index contributed by atoms with van der Waals surface area (Å²) in [7, 11) is 0. The molecule has 0 rings (SSSR count). The second kappa shape index (κ2) is 9.56. The smallest absolute Gasteiger partial charge is 0.143 e. The molecular formula is C14H26O2. The molecule has 0 saturated heterocycles. The van der Waals surface area contributed by atoms with E-state index in [4.69, 9.17) is 0 Å². The monoisotopic (exact) mass is 226 g/mol. The van der Waals surface area contributed by atoms with Crippen molar-refractivity contribution in [3.8, 4) is 0 Å². The van der Waals surface area contributed by atoms with E-state index < -0.39 is 0 Å². The van der Waals surface area contributed by atoms with Gasteiger partial charge in [0.25, 0.3) is 0 Å². The number of unbranched alkanes of at least 4 members (excludes halogenated alkanes) is 3. The van der Waals surface area contributed by atoms with Gasteiger partial charge in [0.15, 0.2) is 0 Å². The van der Waals surface area contributed by atoms with Gasteiger partial charge < -0.3 is 0 Å². The first-order chi connectivity index (χ1) is 7.61. The summed E-state index contributed by atoms with van der Waals surface area (Å²) in [6.07, 6.45) is 7.28. The van der Waals surface area contributed by atoms with Crippen LogP contribution in [0.2, 0.25) is 0 Å². The third-order valence-electron chi connectivity index (χ3n) is 2.94. The van der Waals surface area contributed by atoms with E-state index in [-0.39, 0.29) is 23.9 Å². The normalized spacial score (nSPS) is 12.4. The van der Waals surface area contributed by atoms with E-state index >= 15 is 0 Å². The molecule has 0 aromatic rings. The molecule has 1 unspecified atom stereocenters. The number of ketones is 2. The molecule has 2 heteroatoms. The van der Waals surface area contributed by atoms with Crippen molar-refractivity contribution < 1.29 is 9.59 Å². The van der Waals surface area contributed by atoms with E-state index in [9.17, 15) is 9.59 Å². The van der Waals surface area contributed by atoms with Gasteiger partial charge >= 0.3 is 0 Å². The molecule has 2 nitrogen and oxygen atoms in total. The van der Waals surface area contributed by atoms with Crippen molar-refractivity contribution in [3.63, 3.8) is 0 Å². The van der Waals surface area contributed by atoms with Crippen LogP contribution in [0.4, 0.5) is 0 Å². The van der Waals surface area contributed by atoms with E-state index in [1.807, 2.05) is 13.8 Å². The fourth-order valence-electron chi connectivity index (χ4n) is 1.77. The summed E-state index contributed by atoms with van der Waals surface area (Å²) in [4.78, 5) is 23.0. The molecular weight excluding hydrogens is 200 g/mol. The molecule has 0 amide bonds. The highest BCUT2D eigenvalue weighted by molar-refractivity contribution is 5.99. The van der Waals surface area contributed by atoms with Crippen molar-refractivity contribution in [1.29, 1.82) is 0 Å². The average Bonchev–Trinajstić information content (AvgIpc) is 2.24. The summed E-state index contributed by atoms with van der Waals surface area (Å²) in [5.74, 6) is 0.306. The van der Waals surface area contributed by atoms with Crippen LogP contribution < -0.4 is 0 Å². The fourth-order valence-corrected chi connectivity index (χ4v) is 1.77. The molecule has 0 aromatic carbocycles. The number of hydrogen-bond acceptors (Lipinski definition) is 2. The molecule has 0 spiro atoms. The Bertz CT molecular complexity index is 209. The van der Waals surface area contributed by atoms with Crippen LogP contribution in [0.15, 0.2) is 0 Å². The van der Waals surface area contributed by atoms with Gasteiger partial charge in [-0.25, -0.2) is 0 Å². The number of Topliss-reactive ketones (excluding diaryl/α,β-unsaturated/α-hetero) is 2. The van der Waals surface area contributed by atoms with Gasteiger partial charge in [0, 0.05) is 12.3 Å². The lowest BCUT2D eigenvalue weighted by atomic mass is 9.94. The van der Waals surface area contributed by atoms with E-state index in [1.54, 1.807) is 0 Å². The molecule has 0 saturated carbocycles. The van der Waals surface area contributed by atoms with E-state index in [2.05, 4.69) is 6.92 Å². The third-order valence-corrected chi connectivity index (χ3v) is 2.94. The Labute approximate surface area is 99.8 Å². The zero-order valence-electron chi connectivity index (χ0n) is 11.1. The lowest BCUT2D eigenvalue weighted by molar-refractivity contribution is -0.129. The molecule has 94 valence electrons. The van der Waals surface area contributed by atoms with Crippen LogP contribution in [0.5, 0.6) is 0 Å². The Balaban J connectivity index is 3.68. The minimum absolute atomic E-state index is 0.0673. The van der Waals surface area contributed by atoms with Crippen LogP contribution in [0.3, 0.4) is 0 Å². The average molecular weight is 226 g/mol. The van der Waals surface area contributed by atoms with E-state index in [0.717, 1.165) is 19.3 Å². The first-order valence-electron chi connectivity index (χ1n) is 6.66. The maximum atomic E-state index is 11.7. The van der Waals surface area contributed by atoms with Crippen LogP contribution in [-0.2, 0) is 9.59 Å². The summed E-state index contributed by atoms with van der Waals surface area (Å²) in [5.41, 5.74) is 0. The zero-order valence-corrected chi connectivity index (χ0v) is 11.1. The van der Waals surface area contributed by atoms with Crippen LogP contribution in [-0.4, -0.2) is 11.6 Å². The van der Waals surface area contributed by atoms with Crippen molar-refractivity contribution in [2.24, 2.45) is 5.92 Å². The van der Waals surface area contributed by atoms with Crippen molar-refractivity contribution in [1.82, 2.24) is 0 Å². The molecule has 0 radical (unpaired) electrons. The highest BCUT2D eigenvalue weighted by Crippen LogP contribution is 2.13. The van der Waals surface area contributed by atoms with Gasteiger partial charge in [0.05, 0.1) is 6.42 Å². The van der Waals surface area contributed by atoms with Crippen molar-refractivity contribution in [2.75, 3.05) is 0 Å². The quantitative estimate of drug-likeness (QED) is 0.418. The minimum atomic E-state index is 0.0673. The molecule has 0 fully saturated rings. The first kappa shape index (κ1) is 15.3. The molecule has 0 aliphatic carbocycles. The van der Waals surface area contributed by atoms with Gasteiger partial charge in [-0.2, -0.15) is 0 Å². The van der Waals surface area contributed by atoms with Crippen molar-refractivity contribution in [2.45, 2.75) is 72.1 Å². The predicted octanol–water partition coefficient (Wildman–Crippen LogP) is 3.92. The van der Waals surface area contributed by atoms with Crippen LogP contribution in [0, 0.1) is 5.92 Å². The summed E-state index contributed by atoms with van der Waals surface area (Å²) in [6.45, 7) is 6.10. The standard InChI is InChI=1S/C14H26O2/c1-4-6-7-8-10-12(3)14(16)11-13(15)9-5-2/h12H,4-11H2,1-3H3. The Morgan fingerprint density at radius 2 is 1.69 bits per heavy atom. The number of carbonyl (C=O) groups excluding carboxylic acids is 2. The van der Waals surface area contributed by atoms with Gasteiger partial charge in [0.2, 0.25) is 0 Å². The predicted molar refractivity (Wildman–Crippen MR) is 67.5 cm³/mol. The molecule has 0 heterocycles. The lowest BCUT2D eigenvalue weighted by Crippen LogP contribution is -2.15. The van der Waals surface area contributed by atoms with E-state index in [1.165, 1.54) is 19.3 Å². The maximum Gasteiger partial charge on any atom is 0.143 e. The Hall–Kier alpha value is -0.660. The SMILES string of the molecule is CCCCCCC(C)C(=O)CC(=O)CCC. The minimum Gasteiger partial charge on any atom is -0.299 e. The molecule has 1 atom stereocenters. The van der Waals surface area contributed by atoms with E-state index in [0.29, 0.717) is 6.42 Å². The molecule has 0 N–H and O–H groups in total. The Morgan fingerprint density at radius 3 is 2.25 bits per heavy atom. The molecule has 0 bridgehead atoms. The number of hydrogen-bond donors (Lipinski definition) is 0. The molecule has 0 aliphatic rings.